The molecular formula is C12H25LiO3S. The standard InChI is InChI=1S/C12H25O3S.Li/c1-2-3-4-5-6-7-8-9-10-11-12-16(13,14)15;/h12H,2-11H2,1H3,(H,13,14,15);. The first-order valence-corrected chi connectivity index (χ1v) is 8.45. The van der Waals surface area contributed by atoms with Crippen LogP contribution >= 0.6 is 0 Å². The molecule has 0 aliphatic heterocycles. The molecular weight excluding hydrogens is 231 g/mol. The van der Waals surface area contributed by atoms with E-state index in [1.54, 1.807) is 17.7 Å². The van der Waals surface area contributed by atoms with Crippen molar-refractivity contribution < 1.29 is 13.0 Å². The molecule has 1 N–H and O–H groups in total. The zero-order chi connectivity index (χ0) is 13.1. The Morgan fingerprint density at radius 2 is 1.35 bits per heavy atom. The fraction of sp³-hybridized carbons (Fsp3) is 1.00. The summed E-state index contributed by atoms with van der Waals surface area (Å²) in [6.07, 6.45) is 11.6. The Labute approximate surface area is 116 Å². The molecule has 17 heavy (non-hydrogen) atoms. The second-order valence-electron chi connectivity index (χ2n) is 4.94. The van der Waals surface area contributed by atoms with Gasteiger partial charge in [-0.1, -0.05) is 0 Å². The minimum absolute atomic E-state index is 0.578. The topological polar surface area (TPSA) is 54.4 Å². The summed E-state index contributed by atoms with van der Waals surface area (Å²) < 4.78 is 29.7. The quantitative estimate of drug-likeness (QED) is 0.350. The molecule has 0 bridgehead atoms. The average Bonchev–Trinajstić information content (AvgIpc) is 2.25. The Hall–Kier alpha value is 0.507. The van der Waals surface area contributed by atoms with Crippen LogP contribution in [0.25, 0.3) is 0 Å². The van der Waals surface area contributed by atoms with Gasteiger partial charge in [-0.15, -0.1) is 0 Å². The van der Waals surface area contributed by atoms with Crippen LogP contribution in [0.4, 0.5) is 0 Å². The van der Waals surface area contributed by atoms with Crippen molar-refractivity contribution in [1.82, 2.24) is 0 Å². The minimum atomic E-state index is -3.81. The molecule has 5 heteroatoms. The van der Waals surface area contributed by atoms with E-state index in [-0.39, 0.29) is 0 Å². The molecule has 0 aliphatic rings. The summed E-state index contributed by atoms with van der Waals surface area (Å²) >= 11 is 1.57. The van der Waals surface area contributed by atoms with Gasteiger partial charge in [-0.2, -0.15) is 0 Å². The molecule has 0 amide bonds. The molecule has 1 unspecified atom stereocenters. The SMILES string of the molecule is [Li][CH](CCCCCCCCCCC)S(=O)(=O)O. The molecule has 0 radical (unpaired) electrons. The van der Waals surface area contributed by atoms with Gasteiger partial charge in [-0.25, -0.2) is 0 Å². The molecule has 98 valence electrons. The van der Waals surface area contributed by atoms with Gasteiger partial charge in [0.15, 0.2) is 0 Å². The van der Waals surface area contributed by atoms with Crippen LogP contribution in [-0.4, -0.2) is 34.6 Å². The van der Waals surface area contributed by atoms with Crippen LogP contribution < -0.4 is 0 Å². The first-order chi connectivity index (χ1) is 7.98. The molecule has 0 saturated carbocycles. The molecule has 0 aromatic carbocycles. The molecule has 0 aromatic rings. The third kappa shape index (κ3) is 11.3. The van der Waals surface area contributed by atoms with Gasteiger partial charge < -0.3 is 0 Å². The number of hydrogen-bond acceptors (Lipinski definition) is 2. The third-order valence-electron chi connectivity index (χ3n) is 3.22. The van der Waals surface area contributed by atoms with Crippen LogP contribution in [0.15, 0.2) is 0 Å². The average molecular weight is 256 g/mol. The molecule has 1 atom stereocenters. The molecule has 0 spiro atoms. The second-order valence-corrected chi connectivity index (χ2v) is 6.78. The van der Waals surface area contributed by atoms with Gasteiger partial charge in [0.05, 0.1) is 0 Å². The van der Waals surface area contributed by atoms with Gasteiger partial charge in [0.1, 0.15) is 0 Å². The summed E-state index contributed by atoms with van der Waals surface area (Å²) in [5.41, 5.74) is 0. The van der Waals surface area contributed by atoms with Crippen LogP contribution in [0.1, 0.15) is 71.1 Å². The van der Waals surface area contributed by atoms with Gasteiger partial charge in [-0.05, 0) is 0 Å². The third-order valence-corrected chi connectivity index (χ3v) is 4.48. The molecule has 0 aliphatic carbocycles. The van der Waals surface area contributed by atoms with E-state index < -0.39 is 14.0 Å². The number of hydrogen-bond donors (Lipinski definition) is 1. The van der Waals surface area contributed by atoms with Crippen LogP contribution in [0, 0.1) is 0 Å². The summed E-state index contributed by atoms with van der Waals surface area (Å²) in [7, 11) is -3.81. The van der Waals surface area contributed by atoms with Crippen molar-refractivity contribution in [3.8, 4) is 0 Å². The van der Waals surface area contributed by atoms with E-state index in [1.165, 1.54) is 44.9 Å². The predicted molar refractivity (Wildman–Crippen MR) is 72.9 cm³/mol. The molecule has 0 fully saturated rings. The summed E-state index contributed by atoms with van der Waals surface area (Å²) in [6.45, 7) is 2.22. The van der Waals surface area contributed by atoms with Crippen molar-refractivity contribution in [3.63, 3.8) is 0 Å². The summed E-state index contributed by atoms with van der Waals surface area (Å²) in [5.74, 6) is 0. The van der Waals surface area contributed by atoms with Crippen molar-refractivity contribution in [2.75, 3.05) is 0 Å². The van der Waals surface area contributed by atoms with Gasteiger partial charge >= 0.3 is 116 Å². The Kier molecular flexibility index (Phi) is 10.7. The van der Waals surface area contributed by atoms with E-state index in [0.29, 0.717) is 6.42 Å². The van der Waals surface area contributed by atoms with Crippen LogP contribution in [0.5, 0.6) is 0 Å². The molecule has 0 saturated heterocycles. The van der Waals surface area contributed by atoms with E-state index in [9.17, 15) is 8.42 Å². The Bertz CT molecular complexity index is 265. The van der Waals surface area contributed by atoms with Crippen molar-refractivity contribution in [2.45, 2.75) is 75.1 Å². The predicted octanol–water partition coefficient (Wildman–Crippen LogP) is 3.29. The first-order valence-electron chi connectivity index (χ1n) is 6.94. The van der Waals surface area contributed by atoms with Crippen molar-refractivity contribution in [3.05, 3.63) is 0 Å². The summed E-state index contributed by atoms with van der Waals surface area (Å²) in [6, 6.07) is 0. The number of unbranched alkanes of at least 4 members (excludes halogenated alkanes) is 8. The Morgan fingerprint density at radius 3 is 1.76 bits per heavy atom. The van der Waals surface area contributed by atoms with Gasteiger partial charge in [0.2, 0.25) is 0 Å². The Balaban J connectivity index is 3.24. The van der Waals surface area contributed by atoms with Crippen LogP contribution in [0.3, 0.4) is 0 Å². The van der Waals surface area contributed by atoms with Crippen LogP contribution in [-0.2, 0) is 10.1 Å². The zero-order valence-corrected chi connectivity index (χ0v) is 12.1. The van der Waals surface area contributed by atoms with Gasteiger partial charge in [0.25, 0.3) is 0 Å². The monoisotopic (exact) mass is 256 g/mol. The van der Waals surface area contributed by atoms with Gasteiger partial charge in [-0.3, -0.25) is 0 Å². The van der Waals surface area contributed by atoms with Crippen molar-refractivity contribution >= 4 is 27.8 Å². The van der Waals surface area contributed by atoms with Crippen LogP contribution in [0.2, 0.25) is 0 Å². The normalized spacial score (nSPS) is 13.9. The second kappa shape index (κ2) is 10.4. The molecule has 0 rings (SSSR count). The molecule has 3 nitrogen and oxygen atoms in total. The first kappa shape index (κ1) is 17.5. The maximum absolute atomic E-state index is 10.8. The maximum atomic E-state index is 10.8. The fourth-order valence-electron chi connectivity index (χ4n) is 1.89. The van der Waals surface area contributed by atoms with E-state index in [0.717, 1.165) is 12.8 Å². The number of rotatable bonds is 11. The Morgan fingerprint density at radius 1 is 0.941 bits per heavy atom. The molecule has 0 aromatic heterocycles. The van der Waals surface area contributed by atoms with Crippen molar-refractivity contribution in [1.29, 1.82) is 0 Å². The zero-order valence-electron chi connectivity index (χ0n) is 11.3. The molecule has 0 heterocycles. The van der Waals surface area contributed by atoms with Gasteiger partial charge in [0, 0.05) is 0 Å². The van der Waals surface area contributed by atoms with E-state index in [4.69, 9.17) is 4.55 Å². The van der Waals surface area contributed by atoms with Crippen molar-refractivity contribution in [2.24, 2.45) is 0 Å². The summed E-state index contributed by atoms with van der Waals surface area (Å²) in [5, 5.41) is 0. The van der Waals surface area contributed by atoms with E-state index >= 15 is 0 Å². The van der Waals surface area contributed by atoms with E-state index in [1.807, 2.05) is 0 Å². The fourth-order valence-corrected chi connectivity index (χ4v) is 2.36. The van der Waals surface area contributed by atoms with E-state index in [2.05, 4.69) is 6.92 Å². The summed E-state index contributed by atoms with van der Waals surface area (Å²) in [4.78, 5) is 0.